The van der Waals surface area contributed by atoms with Crippen LogP contribution in [0.1, 0.15) is 5.56 Å². The summed E-state index contributed by atoms with van der Waals surface area (Å²) in [5, 5.41) is 3.44. The largest absolute Gasteiger partial charge is 0.353 e. The first-order valence-electron chi connectivity index (χ1n) is 9.44. The molecule has 0 radical (unpaired) electrons. The number of hydrogen-bond donors (Lipinski definition) is 1. The van der Waals surface area contributed by atoms with E-state index in [-0.39, 0.29) is 0 Å². The number of carbonyl (C=O) groups excluding carboxylic acids is 1. The minimum Gasteiger partial charge on any atom is -0.353 e. The number of nitrogens with one attached hydrogen (secondary N) is 1. The molecular weight excluding hydrogens is 350 g/mol. The van der Waals surface area contributed by atoms with Gasteiger partial charge < -0.3 is 15.1 Å². The Kier molecular flexibility index (Phi) is 5.19. The number of rotatable bonds is 5. The van der Waals surface area contributed by atoms with Crippen LogP contribution >= 0.6 is 0 Å². The molecule has 2 aromatic carbocycles. The highest BCUT2D eigenvalue weighted by molar-refractivity contribution is 5.67. The van der Waals surface area contributed by atoms with Crippen LogP contribution in [0, 0.1) is 6.92 Å². The SMILES string of the molecule is Cc1ccccc1Nc1cc(N2CCN(C=O)CC2)nc(-c2ccccc2)n1. The van der Waals surface area contributed by atoms with Gasteiger partial charge in [0, 0.05) is 43.5 Å². The Hall–Kier alpha value is -3.41. The summed E-state index contributed by atoms with van der Waals surface area (Å²) in [7, 11) is 0. The molecule has 1 aliphatic heterocycles. The van der Waals surface area contributed by atoms with Crippen LogP contribution in [0.25, 0.3) is 11.4 Å². The van der Waals surface area contributed by atoms with Crippen molar-refractivity contribution in [3.63, 3.8) is 0 Å². The number of piperazine rings is 1. The molecule has 2 heterocycles. The molecule has 28 heavy (non-hydrogen) atoms. The monoisotopic (exact) mass is 373 g/mol. The van der Waals surface area contributed by atoms with Gasteiger partial charge in [-0.05, 0) is 18.6 Å². The van der Waals surface area contributed by atoms with E-state index >= 15 is 0 Å². The van der Waals surface area contributed by atoms with Crippen LogP contribution in [-0.2, 0) is 4.79 Å². The Balaban J connectivity index is 1.69. The average molecular weight is 373 g/mol. The molecule has 4 rings (SSSR count). The van der Waals surface area contributed by atoms with Crippen molar-refractivity contribution >= 4 is 23.7 Å². The van der Waals surface area contributed by atoms with Crippen molar-refractivity contribution in [2.75, 3.05) is 36.4 Å². The fraction of sp³-hybridized carbons (Fsp3) is 0.227. The number of amides is 1. The normalized spacial score (nSPS) is 14.0. The van der Waals surface area contributed by atoms with Gasteiger partial charge in [-0.3, -0.25) is 4.79 Å². The zero-order valence-corrected chi connectivity index (χ0v) is 15.9. The van der Waals surface area contributed by atoms with Crippen molar-refractivity contribution in [1.82, 2.24) is 14.9 Å². The molecule has 1 N–H and O–H groups in total. The first-order chi connectivity index (χ1) is 13.7. The van der Waals surface area contributed by atoms with E-state index in [4.69, 9.17) is 9.97 Å². The summed E-state index contributed by atoms with van der Waals surface area (Å²) in [5.74, 6) is 2.32. The van der Waals surface area contributed by atoms with E-state index in [2.05, 4.69) is 23.2 Å². The number of aryl methyl sites for hydroxylation is 1. The third kappa shape index (κ3) is 3.96. The molecule has 6 nitrogen and oxygen atoms in total. The van der Waals surface area contributed by atoms with E-state index in [9.17, 15) is 4.79 Å². The lowest BCUT2D eigenvalue weighted by Crippen LogP contribution is -2.46. The van der Waals surface area contributed by atoms with Gasteiger partial charge in [0.15, 0.2) is 5.82 Å². The number of hydrogen-bond acceptors (Lipinski definition) is 5. The molecule has 6 heteroatoms. The first-order valence-corrected chi connectivity index (χ1v) is 9.44. The number of carbonyl (C=O) groups is 1. The maximum atomic E-state index is 11.0. The Labute approximate surface area is 164 Å². The average Bonchev–Trinajstić information content (AvgIpc) is 2.76. The lowest BCUT2D eigenvalue weighted by molar-refractivity contribution is -0.118. The fourth-order valence-electron chi connectivity index (χ4n) is 3.28. The van der Waals surface area contributed by atoms with Gasteiger partial charge in [-0.15, -0.1) is 0 Å². The number of benzene rings is 2. The first kappa shape index (κ1) is 18.0. The molecule has 0 atom stereocenters. The highest BCUT2D eigenvalue weighted by atomic mass is 16.1. The molecule has 142 valence electrons. The number of para-hydroxylation sites is 1. The van der Waals surface area contributed by atoms with Crippen LogP contribution in [0.3, 0.4) is 0 Å². The summed E-state index contributed by atoms with van der Waals surface area (Å²) in [6.45, 7) is 4.99. The van der Waals surface area contributed by atoms with Crippen molar-refractivity contribution in [2.24, 2.45) is 0 Å². The predicted molar refractivity (Wildman–Crippen MR) is 112 cm³/mol. The van der Waals surface area contributed by atoms with Crippen molar-refractivity contribution in [3.05, 3.63) is 66.2 Å². The van der Waals surface area contributed by atoms with Crippen LogP contribution in [-0.4, -0.2) is 47.5 Å². The van der Waals surface area contributed by atoms with Gasteiger partial charge in [0.1, 0.15) is 11.6 Å². The lowest BCUT2D eigenvalue weighted by atomic mass is 10.2. The van der Waals surface area contributed by atoms with Crippen molar-refractivity contribution in [1.29, 1.82) is 0 Å². The van der Waals surface area contributed by atoms with E-state index in [1.54, 1.807) is 4.90 Å². The predicted octanol–water partition coefficient (Wildman–Crippen LogP) is 3.47. The summed E-state index contributed by atoms with van der Waals surface area (Å²) in [6.07, 6.45) is 0.915. The van der Waals surface area contributed by atoms with Gasteiger partial charge in [0.2, 0.25) is 6.41 Å². The van der Waals surface area contributed by atoms with E-state index in [0.29, 0.717) is 18.9 Å². The minimum atomic E-state index is 0.687. The molecular formula is C22H23N5O. The molecule has 1 amide bonds. The second-order valence-corrected chi connectivity index (χ2v) is 6.87. The van der Waals surface area contributed by atoms with E-state index in [1.807, 2.05) is 54.6 Å². The highest BCUT2D eigenvalue weighted by Gasteiger charge is 2.19. The van der Waals surface area contributed by atoms with E-state index in [1.165, 1.54) is 0 Å². The molecule has 0 bridgehead atoms. The Morgan fingerprint density at radius 1 is 0.929 bits per heavy atom. The van der Waals surface area contributed by atoms with Gasteiger partial charge in [0.05, 0.1) is 0 Å². The molecule has 0 saturated carbocycles. The summed E-state index contributed by atoms with van der Waals surface area (Å²) >= 11 is 0. The number of nitrogens with zero attached hydrogens (tertiary/aromatic N) is 4. The molecule has 1 aromatic heterocycles. The van der Waals surface area contributed by atoms with Gasteiger partial charge in [-0.2, -0.15) is 0 Å². The molecule has 0 aliphatic carbocycles. The van der Waals surface area contributed by atoms with Crippen LogP contribution in [0.2, 0.25) is 0 Å². The van der Waals surface area contributed by atoms with Crippen molar-refractivity contribution < 1.29 is 4.79 Å². The third-order valence-electron chi connectivity index (χ3n) is 4.94. The maximum absolute atomic E-state index is 11.0. The Bertz CT molecular complexity index is 952. The van der Waals surface area contributed by atoms with Crippen LogP contribution in [0.15, 0.2) is 60.7 Å². The van der Waals surface area contributed by atoms with Crippen molar-refractivity contribution in [3.8, 4) is 11.4 Å². The van der Waals surface area contributed by atoms with Crippen molar-refractivity contribution in [2.45, 2.75) is 6.92 Å². The maximum Gasteiger partial charge on any atom is 0.209 e. The third-order valence-corrected chi connectivity index (χ3v) is 4.94. The summed E-state index contributed by atoms with van der Waals surface area (Å²) in [6, 6.07) is 20.1. The fourth-order valence-corrected chi connectivity index (χ4v) is 3.28. The summed E-state index contributed by atoms with van der Waals surface area (Å²) < 4.78 is 0. The Morgan fingerprint density at radius 3 is 2.36 bits per heavy atom. The second kappa shape index (κ2) is 8.08. The van der Waals surface area contributed by atoms with E-state index < -0.39 is 0 Å². The smallest absolute Gasteiger partial charge is 0.209 e. The quantitative estimate of drug-likeness (QED) is 0.694. The molecule has 1 saturated heterocycles. The topological polar surface area (TPSA) is 61.4 Å². The molecule has 1 aliphatic rings. The van der Waals surface area contributed by atoms with Crippen LogP contribution < -0.4 is 10.2 Å². The minimum absolute atomic E-state index is 0.687. The molecule has 1 fully saturated rings. The molecule has 0 unspecified atom stereocenters. The van der Waals surface area contributed by atoms with Gasteiger partial charge >= 0.3 is 0 Å². The standard InChI is InChI=1S/C22H23N5O/c1-17-7-5-6-10-19(17)23-20-15-21(27-13-11-26(16-28)12-14-27)25-22(24-20)18-8-3-2-4-9-18/h2-10,15-16H,11-14H2,1H3,(H,23,24,25). The number of aromatic nitrogens is 2. The van der Waals surface area contributed by atoms with Gasteiger partial charge in [0.25, 0.3) is 0 Å². The molecule has 3 aromatic rings. The van der Waals surface area contributed by atoms with E-state index in [0.717, 1.165) is 47.9 Å². The lowest BCUT2D eigenvalue weighted by Gasteiger charge is -2.33. The van der Waals surface area contributed by atoms with Crippen LogP contribution in [0.5, 0.6) is 0 Å². The highest BCUT2D eigenvalue weighted by Crippen LogP contribution is 2.26. The Morgan fingerprint density at radius 2 is 1.64 bits per heavy atom. The van der Waals surface area contributed by atoms with Gasteiger partial charge in [-0.1, -0.05) is 48.5 Å². The zero-order chi connectivity index (χ0) is 19.3. The van der Waals surface area contributed by atoms with Crippen LogP contribution in [0.4, 0.5) is 17.3 Å². The summed E-state index contributed by atoms with van der Waals surface area (Å²) in [4.78, 5) is 24.6. The molecule has 0 spiro atoms. The second-order valence-electron chi connectivity index (χ2n) is 6.87. The zero-order valence-electron chi connectivity index (χ0n) is 15.9. The van der Waals surface area contributed by atoms with Gasteiger partial charge in [-0.25, -0.2) is 9.97 Å². The summed E-state index contributed by atoms with van der Waals surface area (Å²) in [5.41, 5.74) is 3.16. The number of anilines is 3.